The van der Waals surface area contributed by atoms with Gasteiger partial charge in [0.2, 0.25) is 5.91 Å². The topological polar surface area (TPSA) is 92.2 Å². The largest absolute Gasteiger partial charge is 0.356 e. The van der Waals surface area contributed by atoms with Gasteiger partial charge in [0.25, 0.3) is 11.3 Å². The Hall–Kier alpha value is -2.18. The minimum atomic E-state index is -0.473. The Morgan fingerprint density at radius 1 is 1.56 bits per heavy atom. The van der Waals surface area contributed by atoms with Crippen molar-refractivity contribution < 1.29 is 4.79 Å². The molecule has 0 saturated heterocycles. The molecule has 1 atom stereocenters. The van der Waals surface area contributed by atoms with Crippen molar-refractivity contribution in [3.63, 3.8) is 0 Å². The number of aromatic amines is 1. The highest BCUT2D eigenvalue weighted by atomic mass is 16.2. The van der Waals surface area contributed by atoms with Gasteiger partial charge in [-0.15, -0.1) is 0 Å². The number of H-pyrrole nitrogens is 1. The van der Waals surface area contributed by atoms with Gasteiger partial charge in [-0.05, 0) is 20.8 Å². The van der Waals surface area contributed by atoms with Crippen LogP contribution in [0.4, 0.5) is 0 Å². The predicted octanol–water partition coefficient (Wildman–Crippen LogP) is -0.0344. The van der Waals surface area contributed by atoms with E-state index in [0.29, 0.717) is 18.1 Å². The number of hydrogen-bond donors (Lipinski definition) is 2. The summed E-state index contributed by atoms with van der Waals surface area (Å²) in [5.41, 5.74) is 0.157. The fourth-order valence-electron chi connectivity index (χ4n) is 1.69. The molecule has 0 saturated carbocycles. The number of hydrogen-bond acceptors (Lipinski definition) is 4. The van der Waals surface area contributed by atoms with Crippen molar-refractivity contribution in [2.24, 2.45) is 0 Å². The van der Waals surface area contributed by atoms with Crippen LogP contribution in [0.5, 0.6) is 0 Å². The van der Waals surface area contributed by atoms with Gasteiger partial charge in [0.15, 0.2) is 0 Å². The smallest absolute Gasteiger partial charge is 0.274 e. The number of rotatable bonds is 3. The first-order chi connectivity index (χ1) is 8.52. The minimum absolute atomic E-state index is 0.152. The molecule has 0 aliphatic heterocycles. The maximum Gasteiger partial charge on any atom is 0.274 e. The SMILES string of the molecule is CCNC(=O)C(C)c1cc(=O)n2[nH]c(C)nc2n1. The summed E-state index contributed by atoms with van der Waals surface area (Å²) in [6.45, 7) is 5.84. The molecule has 1 amide bonds. The van der Waals surface area contributed by atoms with Crippen LogP contribution >= 0.6 is 0 Å². The molecule has 0 aromatic carbocycles. The maximum absolute atomic E-state index is 11.8. The molecule has 7 nitrogen and oxygen atoms in total. The van der Waals surface area contributed by atoms with E-state index < -0.39 is 5.92 Å². The lowest BCUT2D eigenvalue weighted by atomic mass is 10.1. The molecule has 2 aromatic rings. The van der Waals surface area contributed by atoms with Crippen molar-refractivity contribution in [1.82, 2.24) is 24.9 Å². The molecule has 2 aromatic heterocycles. The molecule has 1 unspecified atom stereocenters. The van der Waals surface area contributed by atoms with Crippen LogP contribution in [0.2, 0.25) is 0 Å². The molecule has 0 fully saturated rings. The van der Waals surface area contributed by atoms with Gasteiger partial charge in [0, 0.05) is 12.6 Å². The van der Waals surface area contributed by atoms with Gasteiger partial charge in [-0.25, -0.2) is 4.98 Å². The van der Waals surface area contributed by atoms with Gasteiger partial charge < -0.3 is 5.32 Å². The predicted molar refractivity (Wildman–Crippen MR) is 65.4 cm³/mol. The van der Waals surface area contributed by atoms with Crippen LogP contribution in [0.25, 0.3) is 5.78 Å². The summed E-state index contributed by atoms with van der Waals surface area (Å²) >= 11 is 0. The van der Waals surface area contributed by atoms with Gasteiger partial charge in [-0.3, -0.25) is 14.7 Å². The number of amides is 1. The molecule has 0 aliphatic carbocycles. The molecule has 2 N–H and O–H groups in total. The molecule has 96 valence electrons. The van der Waals surface area contributed by atoms with E-state index in [4.69, 9.17) is 0 Å². The van der Waals surface area contributed by atoms with Gasteiger partial charge >= 0.3 is 0 Å². The Labute approximate surface area is 103 Å². The molecule has 18 heavy (non-hydrogen) atoms. The summed E-state index contributed by atoms with van der Waals surface area (Å²) in [5.74, 6) is 0.259. The van der Waals surface area contributed by atoms with Crippen molar-refractivity contribution >= 4 is 11.7 Å². The Balaban J connectivity index is 2.46. The fraction of sp³-hybridized carbons (Fsp3) is 0.455. The van der Waals surface area contributed by atoms with Crippen LogP contribution in [0.15, 0.2) is 10.9 Å². The van der Waals surface area contributed by atoms with Gasteiger partial charge in [-0.2, -0.15) is 9.50 Å². The summed E-state index contributed by atoms with van der Waals surface area (Å²) in [4.78, 5) is 31.8. The molecular formula is C11H15N5O2. The second kappa shape index (κ2) is 4.59. The summed E-state index contributed by atoms with van der Waals surface area (Å²) < 4.78 is 1.25. The fourth-order valence-corrected chi connectivity index (χ4v) is 1.69. The maximum atomic E-state index is 11.8. The zero-order chi connectivity index (χ0) is 13.3. The van der Waals surface area contributed by atoms with Gasteiger partial charge in [0.05, 0.1) is 11.6 Å². The van der Waals surface area contributed by atoms with Gasteiger partial charge in [0.1, 0.15) is 5.82 Å². The highest BCUT2D eigenvalue weighted by Crippen LogP contribution is 2.11. The normalized spacial score (nSPS) is 12.6. The zero-order valence-electron chi connectivity index (χ0n) is 10.5. The van der Waals surface area contributed by atoms with Crippen LogP contribution < -0.4 is 10.9 Å². The summed E-state index contributed by atoms with van der Waals surface area (Å²) in [6, 6.07) is 1.35. The van der Waals surface area contributed by atoms with Crippen molar-refractivity contribution in [3.8, 4) is 0 Å². The Morgan fingerprint density at radius 2 is 2.28 bits per heavy atom. The molecule has 0 radical (unpaired) electrons. The number of nitrogens with one attached hydrogen (secondary N) is 2. The first-order valence-electron chi connectivity index (χ1n) is 5.77. The average molecular weight is 249 g/mol. The lowest BCUT2D eigenvalue weighted by Gasteiger charge is -2.09. The summed E-state index contributed by atoms with van der Waals surface area (Å²) in [6.07, 6.45) is 0. The number of aryl methyl sites for hydroxylation is 1. The third-order valence-electron chi connectivity index (χ3n) is 2.65. The number of aromatic nitrogens is 4. The number of nitrogens with zero attached hydrogens (tertiary/aromatic N) is 3. The Kier molecular flexibility index (Phi) is 3.14. The van der Waals surface area contributed by atoms with Crippen LogP contribution in [-0.2, 0) is 4.79 Å². The summed E-state index contributed by atoms with van der Waals surface area (Å²) in [5, 5.41) is 5.48. The molecule has 0 bridgehead atoms. The number of carbonyl (C=O) groups is 1. The van der Waals surface area contributed by atoms with Crippen LogP contribution in [0.1, 0.15) is 31.3 Å². The molecule has 7 heteroatoms. The van der Waals surface area contributed by atoms with E-state index in [1.54, 1.807) is 13.8 Å². The van der Waals surface area contributed by atoms with E-state index in [1.165, 1.54) is 10.6 Å². The summed E-state index contributed by atoms with van der Waals surface area (Å²) in [7, 11) is 0. The van der Waals surface area contributed by atoms with Crippen molar-refractivity contribution in [2.45, 2.75) is 26.7 Å². The number of carbonyl (C=O) groups excluding carboxylic acids is 1. The van der Waals surface area contributed by atoms with Crippen LogP contribution in [-0.4, -0.2) is 32.0 Å². The number of likely N-dealkylation sites (N-methyl/N-ethyl adjacent to an activating group) is 1. The second-order valence-electron chi connectivity index (χ2n) is 4.08. The van der Waals surface area contributed by atoms with Crippen LogP contribution in [0.3, 0.4) is 0 Å². The lowest BCUT2D eigenvalue weighted by Crippen LogP contribution is -2.29. The highest BCUT2D eigenvalue weighted by molar-refractivity contribution is 5.82. The monoisotopic (exact) mass is 249 g/mol. The first kappa shape index (κ1) is 12.3. The van der Waals surface area contributed by atoms with Crippen molar-refractivity contribution in [1.29, 1.82) is 0 Å². The quantitative estimate of drug-likeness (QED) is 0.798. The van der Waals surface area contributed by atoms with E-state index in [2.05, 4.69) is 20.4 Å². The lowest BCUT2D eigenvalue weighted by molar-refractivity contribution is -0.122. The van der Waals surface area contributed by atoms with E-state index in [0.717, 1.165) is 0 Å². The Morgan fingerprint density at radius 3 is 2.94 bits per heavy atom. The van der Waals surface area contributed by atoms with E-state index >= 15 is 0 Å². The molecule has 2 rings (SSSR count). The molecule has 0 aliphatic rings. The second-order valence-corrected chi connectivity index (χ2v) is 4.08. The zero-order valence-corrected chi connectivity index (χ0v) is 10.5. The van der Waals surface area contributed by atoms with E-state index in [9.17, 15) is 9.59 Å². The molecule has 0 spiro atoms. The number of fused-ring (bicyclic) bond motifs is 1. The van der Waals surface area contributed by atoms with Crippen molar-refractivity contribution in [3.05, 3.63) is 27.9 Å². The third-order valence-corrected chi connectivity index (χ3v) is 2.65. The molecule has 2 heterocycles. The van der Waals surface area contributed by atoms with Crippen molar-refractivity contribution in [2.75, 3.05) is 6.54 Å². The van der Waals surface area contributed by atoms with E-state index in [1.807, 2.05) is 6.92 Å². The average Bonchev–Trinajstić information content (AvgIpc) is 2.69. The highest BCUT2D eigenvalue weighted by Gasteiger charge is 2.18. The van der Waals surface area contributed by atoms with Gasteiger partial charge in [-0.1, -0.05) is 0 Å². The Bertz CT molecular complexity index is 642. The third kappa shape index (κ3) is 2.11. The van der Waals surface area contributed by atoms with Crippen LogP contribution in [0, 0.1) is 6.92 Å². The first-order valence-corrected chi connectivity index (χ1v) is 5.77. The van der Waals surface area contributed by atoms with E-state index in [-0.39, 0.29) is 17.2 Å². The molecular weight excluding hydrogens is 234 g/mol. The minimum Gasteiger partial charge on any atom is -0.356 e. The standard InChI is InChI=1S/C11H15N5O2/c1-4-12-10(18)6(2)8-5-9(17)16-11(14-8)13-7(3)15-16/h5-6H,4H2,1-3H3,(H,12,18)(H,13,14,15).